The highest BCUT2D eigenvalue weighted by molar-refractivity contribution is 7.09. The number of thiazole rings is 1. The highest BCUT2D eigenvalue weighted by atomic mass is 32.1. The molecule has 2 heterocycles. The van der Waals surface area contributed by atoms with Crippen molar-refractivity contribution in [1.82, 2.24) is 15.0 Å². The minimum atomic E-state index is 0.204. The molecule has 0 aliphatic carbocycles. The zero-order chi connectivity index (χ0) is 13.0. The van der Waals surface area contributed by atoms with Gasteiger partial charge in [-0.25, -0.2) is 9.97 Å². The van der Waals surface area contributed by atoms with Crippen LogP contribution in [0.15, 0.2) is 23.8 Å². The van der Waals surface area contributed by atoms with Gasteiger partial charge in [0.15, 0.2) is 0 Å². The second-order valence-electron chi connectivity index (χ2n) is 4.11. The third-order valence-corrected chi connectivity index (χ3v) is 3.41. The van der Waals surface area contributed by atoms with Gasteiger partial charge >= 0.3 is 0 Å². The number of aromatic nitrogens is 3. The Balaban J connectivity index is 2.15. The number of hydrogen-bond acceptors (Lipinski definition) is 6. The van der Waals surface area contributed by atoms with E-state index in [2.05, 4.69) is 27.2 Å². The number of rotatable bonds is 5. The largest absolute Gasteiger partial charge is 0.361 e. The molecule has 0 radical (unpaired) electrons. The summed E-state index contributed by atoms with van der Waals surface area (Å²) in [5, 5.41) is 6.47. The van der Waals surface area contributed by atoms with E-state index in [0.29, 0.717) is 5.95 Å². The zero-order valence-electron chi connectivity index (χ0n) is 10.8. The second kappa shape index (κ2) is 5.77. The van der Waals surface area contributed by atoms with E-state index in [9.17, 15) is 0 Å². The lowest BCUT2D eigenvalue weighted by Gasteiger charge is -2.16. The smallest absolute Gasteiger partial charge is 0.226 e. The quantitative estimate of drug-likeness (QED) is 0.898. The van der Waals surface area contributed by atoms with Crippen molar-refractivity contribution >= 4 is 23.1 Å². The Morgan fingerprint density at radius 1 is 1.33 bits per heavy atom. The molecule has 96 valence electrons. The lowest BCUT2D eigenvalue weighted by molar-refractivity contribution is 0.736. The molecule has 2 aromatic rings. The van der Waals surface area contributed by atoms with Crippen molar-refractivity contribution in [2.45, 2.75) is 19.4 Å². The Kier molecular flexibility index (Phi) is 4.09. The van der Waals surface area contributed by atoms with Crippen LogP contribution >= 0.6 is 11.3 Å². The van der Waals surface area contributed by atoms with E-state index >= 15 is 0 Å². The van der Waals surface area contributed by atoms with Crippen molar-refractivity contribution in [1.29, 1.82) is 0 Å². The maximum atomic E-state index is 4.45. The van der Waals surface area contributed by atoms with Gasteiger partial charge in [-0.1, -0.05) is 6.92 Å². The summed E-state index contributed by atoms with van der Waals surface area (Å²) < 4.78 is 0. The highest BCUT2D eigenvalue weighted by Gasteiger charge is 2.12. The molecule has 6 heteroatoms. The molecule has 0 saturated carbocycles. The van der Waals surface area contributed by atoms with Crippen LogP contribution < -0.4 is 10.2 Å². The van der Waals surface area contributed by atoms with Gasteiger partial charge in [-0.3, -0.25) is 0 Å². The summed E-state index contributed by atoms with van der Waals surface area (Å²) in [6.07, 6.45) is 4.56. The van der Waals surface area contributed by atoms with Crippen LogP contribution in [-0.2, 0) is 0 Å². The monoisotopic (exact) mass is 263 g/mol. The Labute approximate surface area is 111 Å². The Morgan fingerprint density at radius 2 is 2.17 bits per heavy atom. The molecule has 0 aliphatic heterocycles. The second-order valence-corrected chi connectivity index (χ2v) is 5.04. The molecule has 2 rings (SSSR count). The van der Waals surface area contributed by atoms with Gasteiger partial charge in [-0.2, -0.15) is 4.98 Å². The van der Waals surface area contributed by atoms with Crippen LogP contribution in [0.25, 0.3) is 0 Å². The van der Waals surface area contributed by atoms with Crippen LogP contribution in [0.5, 0.6) is 0 Å². The Hall–Kier alpha value is -1.69. The van der Waals surface area contributed by atoms with Gasteiger partial charge in [0.25, 0.3) is 0 Å². The number of anilines is 2. The third-order valence-electron chi connectivity index (χ3n) is 2.52. The average molecular weight is 263 g/mol. The summed E-state index contributed by atoms with van der Waals surface area (Å²) in [6.45, 7) is 2.13. The molecule has 2 aromatic heterocycles. The maximum absolute atomic E-state index is 4.45. The Morgan fingerprint density at radius 3 is 2.78 bits per heavy atom. The molecule has 1 unspecified atom stereocenters. The van der Waals surface area contributed by atoms with Crippen LogP contribution in [0, 0.1) is 0 Å². The molecular formula is C12H17N5S. The first-order chi connectivity index (χ1) is 8.70. The third kappa shape index (κ3) is 2.95. The Bertz CT molecular complexity index is 483. The van der Waals surface area contributed by atoms with Gasteiger partial charge in [0.2, 0.25) is 5.95 Å². The van der Waals surface area contributed by atoms with Crippen LogP contribution in [0.2, 0.25) is 0 Å². The van der Waals surface area contributed by atoms with Crippen molar-refractivity contribution < 1.29 is 0 Å². The first kappa shape index (κ1) is 12.8. The number of nitrogens with zero attached hydrogens (tertiary/aromatic N) is 4. The van der Waals surface area contributed by atoms with Crippen molar-refractivity contribution in [2.75, 3.05) is 24.3 Å². The van der Waals surface area contributed by atoms with E-state index in [0.717, 1.165) is 17.2 Å². The first-order valence-corrected chi connectivity index (χ1v) is 6.75. The molecule has 0 aliphatic rings. The standard InChI is InChI=1S/C12H17N5S/c1-4-9(11-13-7-8-18-11)15-10-5-6-14-12(16-10)17(2)3/h5-9H,4H2,1-3H3,(H,14,15,16). The van der Waals surface area contributed by atoms with Crippen LogP contribution in [0.3, 0.4) is 0 Å². The fourth-order valence-corrected chi connectivity index (χ4v) is 2.34. The highest BCUT2D eigenvalue weighted by Crippen LogP contribution is 2.23. The zero-order valence-corrected chi connectivity index (χ0v) is 11.6. The normalized spacial score (nSPS) is 12.2. The average Bonchev–Trinajstić information content (AvgIpc) is 2.90. The van der Waals surface area contributed by atoms with E-state index in [-0.39, 0.29) is 6.04 Å². The van der Waals surface area contributed by atoms with Crippen molar-refractivity contribution in [3.63, 3.8) is 0 Å². The fourth-order valence-electron chi connectivity index (χ4n) is 1.57. The number of nitrogens with one attached hydrogen (secondary N) is 1. The molecule has 0 spiro atoms. The molecule has 0 saturated heterocycles. The van der Waals surface area contributed by atoms with Gasteiger partial charge in [0, 0.05) is 31.9 Å². The minimum Gasteiger partial charge on any atom is -0.361 e. The topological polar surface area (TPSA) is 53.9 Å². The molecule has 0 aromatic carbocycles. The summed E-state index contributed by atoms with van der Waals surface area (Å²) in [4.78, 5) is 14.9. The van der Waals surface area contributed by atoms with Gasteiger partial charge in [0.1, 0.15) is 10.8 Å². The molecule has 0 fully saturated rings. The van der Waals surface area contributed by atoms with Crippen LogP contribution in [0.1, 0.15) is 24.4 Å². The SMILES string of the molecule is CCC(Nc1ccnc(N(C)C)n1)c1nccs1. The molecule has 0 bridgehead atoms. The predicted molar refractivity (Wildman–Crippen MR) is 75.1 cm³/mol. The van der Waals surface area contributed by atoms with Gasteiger partial charge in [-0.05, 0) is 12.5 Å². The van der Waals surface area contributed by atoms with Gasteiger partial charge in [0.05, 0.1) is 6.04 Å². The summed E-state index contributed by atoms with van der Waals surface area (Å²) in [7, 11) is 3.86. The van der Waals surface area contributed by atoms with Crippen molar-refractivity contribution in [3.8, 4) is 0 Å². The van der Waals surface area contributed by atoms with E-state index < -0.39 is 0 Å². The minimum absolute atomic E-state index is 0.204. The molecular weight excluding hydrogens is 246 g/mol. The molecule has 0 amide bonds. The van der Waals surface area contributed by atoms with Crippen LogP contribution in [-0.4, -0.2) is 29.0 Å². The number of hydrogen-bond donors (Lipinski definition) is 1. The lowest BCUT2D eigenvalue weighted by atomic mass is 10.2. The van der Waals surface area contributed by atoms with Gasteiger partial charge in [-0.15, -0.1) is 11.3 Å². The van der Waals surface area contributed by atoms with Gasteiger partial charge < -0.3 is 10.2 Å². The van der Waals surface area contributed by atoms with E-state index in [4.69, 9.17) is 0 Å². The van der Waals surface area contributed by atoms with E-state index in [1.54, 1.807) is 17.5 Å². The van der Waals surface area contributed by atoms with E-state index in [1.165, 1.54) is 0 Å². The summed E-state index contributed by atoms with van der Waals surface area (Å²) >= 11 is 1.66. The summed E-state index contributed by atoms with van der Waals surface area (Å²) in [6, 6.07) is 2.08. The van der Waals surface area contributed by atoms with Crippen LogP contribution in [0.4, 0.5) is 11.8 Å². The first-order valence-electron chi connectivity index (χ1n) is 5.87. The van der Waals surface area contributed by atoms with Crippen molar-refractivity contribution in [3.05, 3.63) is 28.8 Å². The summed E-state index contributed by atoms with van der Waals surface area (Å²) in [5.74, 6) is 1.53. The molecule has 1 atom stereocenters. The predicted octanol–water partition coefficient (Wildman–Crippen LogP) is 2.56. The lowest BCUT2D eigenvalue weighted by Crippen LogP contribution is -2.15. The van der Waals surface area contributed by atoms with Crippen molar-refractivity contribution in [2.24, 2.45) is 0 Å². The maximum Gasteiger partial charge on any atom is 0.226 e. The summed E-state index contributed by atoms with van der Waals surface area (Å²) in [5.41, 5.74) is 0. The molecule has 1 N–H and O–H groups in total. The fraction of sp³-hybridized carbons (Fsp3) is 0.417. The van der Waals surface area contributed by atoms with E-state index in [1.807, 2.05) is 36.6 Å². The molecule has 18 heavy (non-hydrogen) atoms. The molecule has 5 nitrogen and oxygen atoms in total.